The zero-order valence-corrected chi connectivity index (χ0v) is 53.3. The monoisotopic (exact) mass is 1120 g/mol. The van der Waals surface area contributed by atoms with Crippen LogP contribution in [0.5, 0.6) is 0 Å². The summed E-state index contributed by atoms with van der Waals surface area (Å²) in [5.41, 5.74) is 0. The molecule has 0 saturated heterocycles. The molecular formula is C74H132O6. The van der Waals surface area contributed by atoms with E-state index >= 15 is 0 Å². The van der Waals surface area contributed by atoms with Gasteiger partial charge in [0.05, 0.1) is 0 Å². The highest BCUT2D eigenvalue weighted by Gasteiger charge is 2.19. The van der Waals surface area contributed by atoms with Gasteiger partial charge in [-0.25, -0.2) is 0 Å². The lowest BCUT2D eigenvalue weighted by Crippen LogP contribution is -2.30. The molecule has 1 unspecified atom stereocenters. The second-order valence-corrected chi connectivity index (χ2v) is 23.4. The van der Waals surface area contributed by atoms with Gasteiger partial charge in [0.15, 0.2) is 6.10 Å². The van der Waals surface area contributed by atoms with E-state index in [1.807, 2.05) is 0 Å². The van der Waals surface area contributed by atoms with E-state index in [9.17, 15) is 14.4 Å². The highest BCUT2D eigenvalue weighted by atomic mass is 16.6. The van der Waals surface area contributed by atoms with Crippen molar-refractivity contribution in [2.45, 2.75) is 367 Å². The molecule has 1 atom stereocenters. The normalized spacial score (nSPS) is 12.5. The van der Waals surface area contributed by atoms with E-state index < -0.39 is 6.10 Å². The molecule has 464 valence electrons. The Morgan fingerprint density at radius 2 is 0.487 bits per heavy atom. The van der Waals surface area contributed by atoms with Gasteiger partial charge in [0, 0.05) is 19.3 Å². The quantitative estimate of drug-likeness (QED) is 0.0261. The molecule has 0 aliphatic carbocycles. The van der Waals surface area contributed by atoms with Crippen LogP contribution in [0.4, 0.5) is 0 Å². The maximum atomic E-state index is 12.9. The van der Waals surface area contributed by atoms with Crippen molar-refractivity contribution >= 4 is 17.9 Å². The molecule has 0 aromatic heterocycles. The molecule has 0 N–H and O–H groups in total. The third-order valence-corrected chi connectivity index (χ3v) is 15.4. The second-order valence-electron chi connectivity index (χ2n) is 23.4. The predicted octanol–water partition coefficient (Wildman–Crippen LogP) is 24.1. The minimum absolute atomic E-state index is 0.0750. The van der Waals surface area contributed by atoms with Crippen molar-refractivity contribution in [3.63, 3.8) is 0 Å². The van der Waals surface area contributed by atoms with Gasteiger partial charge in [-0.15, -0.1) is 0 Å². The molecule has 0 aromatic carbocycles. The van der Waals surface area contributed by atoms with E-state index in [1.165, 1.54) is 218 Å². The van der Waals surface area contributed by atoms with Crippen LogP contribution in [0.15, 0.2) is 72.9 Å². The summed E-state index contributed by atoms with van der Waals surface area (Å²) in [7, 11) is 0. The van der Waals surface area contributed by atoms with Gasteiger partial charge in [-0.3, -0.25) is 14.4 Å². The number of esters is 3. The Balaban J connectivity index is 4.25. The Labute approximate surface area is 497 Å². The summed E-state index contributed by atoms with van der Waals surface area (Å²) in [6, 6.07) is 0. The van der Waals surface area contributed by atoms with Gasteiger partial charge >= 0.3 is 17.9 Å². The van der Waals surface area contributed by atoms with Crippen LogP contribution in [-0.4, -0.2) is 37.2 Å². The maximum absolute atomic E-state index is 12.9. The highest BCUT2D eigenvalue weighted by molar-refractivity contribution is 5.71. The van der Waals surface area contributed by atoms with Crippen molar-refractivity contribution in [3.8, 4) is 0 Å². The van der Waals surface area contributed by atoms with E-state index in [-0.39, 0.29) is 31.1 Å². The average Bonchev–Trinajstić information content (AvgIpc) is 3.46. The van der Waals surface area contributed by atoms with Crippen LogP contribution < -0.4 is 0 Å². The van der Waals surface area contributed by atoms with Crippen molar-refractivity contribution in [1.82, 2.24) is 0 Å². The largest absolute Gasteiger partial charge is 0.462 e. The molecule has 0 aliphatic heterocycles. The zero-order valence-electron chi connectivity index (χ0n) is 53.3. The summed E-state index contributed by atoms with van der Waals surface area (Å²) in [6.45, 7) is 6.56. The van der Waals surface area contributed by atoms with Gasteiger partial charge in [0.1, 0.15) is 13.2 Å². The Morgan fingerprint density at radius 1 is 0.263 bits per heavy atom. The molecule has 80 heavy (non-hydrogen) atoms. The molecule has 0 bridgehead atoms. The Morgan fingerprint density at radius 3 is 0.775 bits per heavy atom. The molecule has 6 heteroatoms. The number of allylic oxidation sites excluding steroid dienone is 12. The summed E-state index contributed by atoms with van der Waals surface area (Å²) < 4.78 is 17.0. The third-order valence-electron chi connectivity index (χ3n) is 15.4. The first-order chi connectivity index (χ1) is 39.5. The molecule has 0 amide bonds. The Kier molecular flexibility index (Phi) is 65.7. The van der Waals surface area contributed by atoms with Crippen molar-refractivity contribution in [3.05, 3.63) is 72.9 Å². The minimum Gasteiger partial charge on any atom is -0.462 e. The lowest BCUT2D eigenvalue weighted by Gasteiger charge is -2.18. The topological polar surface area (TPSA) is 78.9 Å². The van der Waals surface area contributed by atoms with Gasteiger partial charge in [0.2, 0.25) is 0 Å². The van der Waals surface area contributed by atoms with Gasteiger partial charge < -0.3 is 14.2 Å². The lowest BCUT2D eigenvalue weighted by atomic mass is 10.0. The summed E-state index contributed by atoms with van der Waals surface area (Å²) in [5.74, 6) is -0.866. The van der Waals surface area contributed by atoms with Crippen LogP contribution >= 0.6 is 0 Å². The fourth-order valence-corrected chi connectivity index (χ4v) is 10.2. The van der Waals surface area contributed by atoms with Crippen LogP contribution in [0.25, 0.3) is 0 Å². The Hall–Kier alpha value is -3.15. The number of carbonyl (C=O) groups is 3. The number of hydrogen-bond acceptors (Lipinski definition) is 6. The Bertz CT molecular complexity index is 1470. The van der Waals surface area contributed by atoms with Crippen LogP contribution in [0.3, 0.4) is 0 Å². The van der Waals surface area contributed by atoms with E-state index in [4.69, 9.17) is 14.2 Å². The van der Waals surface area contributed by atoms with Gasteiger partial charge in [0.25, 0.3) is 0 Å². The molecule has 6 nitrogen and oxygen atoms in total. The average molecular weight is 1120 g/mol. The number of ether oxygens (including phenoxy) is 3. The summed E-state index contributed by atoms with van der Waals surface area (Å²) >= 11 is 0. The molecule has 0 spiro atoms. The second kappa shape index (κ2) is 68.3. The maximum Gasteiger partial charge on any atom is 0.306 e. The van der Waals surface area contributed by atoms with Gasteiger partial charge in [-0.05, 0) is 89.9 Å². The van der Waals surface area contributed by atoms with Crippen LogP contribution in [0.1, 0.15) is 361 Å². The summed E-state index contributed by atoms with van der Waals surface area (Å²) in [6.07, 6.45) is 89.2. The first-order valence-electron chi connectivity index (χ1n) is 34.9. The standard InChI is InChI=1S/C74H132O6/c1-4-7-10-13-16-19-22-25-28-31-32-33-34-35-36-37-38-39-40-41-42-44-46-49-52-55-58-61-64-67-73(76)79-70-71(69-78-72(75)66-63-60-57-54-51-48-45-30-27-24-21-18-15-12-9-6-3)80-74(77)68-65-62-59-56-53-50-47-43-29-26-23-20-17-14-11-8-5-2/h7,10,16,19,21,24-25,28,30,32-33,45,71H,4-6,8-9,11-15,17-18,20,22-23,26-27,29,31,34-44,46-70H2,1-3H3/b10-7-,19-16-,24-21-,28-25-,33-32-,45-30-. The van der Waals surface area contributed by atoms with Crippen molar-refractivity contribution < 1.29 is 28.6 Å². The van der Waals surface area contributed by atoms with Crippen LogP contribution in [0, 0.1) is 0 Å². The van der Waals surface area contributed by atoms with Crippen LogP contribution in [0.2, 0.25) is 0 Å². The number of hydrogen-bond donors (Lipinski definition) is 0. The van der Waals surface area contributed by atoms with E-state index in [0.29, 0.717) is 19.3 Å². The fraction of sp³-hybridized carbons (Fsp3) is 0.797. The van der Waals surface area contributed by atoms with E-state index in [2.05, 4.69) is 93.7 Å². The summed E-state index contributed by atoms with van der Waals surface area (Å²) in [5, 5.41) is 0. The summed E-state index contributed by atoms with van der Waals surface area (Å²) in [4.78, 5) is 38.4. The zero-order chi connectivity index (χ0) is 57.8. The van der Waals surface area contributed by atoms with Crippen LogP contribution in [-0.2, 0) is 28.6 Å². The predicted molar refractivity (Wildman–Crippen MR) is 348 cm³/mol. The number of rotatable bonds is 64. The SMILES string of the molecule is CC/C=C\C/C=C\C/C=C\C/C=C\CCCCCCCCCCCCCCCCCCC(=O)OCC(COC(=O)CCCCCCC/C=C\C/C=C\CCCCCC)OC(=O)CCCCCCCCCCCCCCCCCCC. The molecule has 0 rings (SSSR count). The molecule has 0 aromatic rings. The molecule has 0 heterocycles. The first kappa shape index (κ1) is 76.9. The highest BCUT2D eigenvalue weighted by Crippen LogP contribution is 2.18. The molecule has 0 fully saturated rings. The molecule has 0 saturated carbocycles. The van der Waals surface area contributed by atoms with Crippen molar-refractivity contribution in [2.75, 3.05) is 13.2 Å². The molecule has 0 aliphatic rings. The third kappa shape index (κ3) is 65.7. The lowest BCUT2D eigenvalue weighted by molar-refractivity contribution is -0.167. The number of unbranched alkanes of at least 4 members (excludes halogenated alkanes) is 41. The molecule has 0 radical (unpaired) electrons. The first-order valence-corrected chi connectivity index (χ1v) is 34.9. The van der Waals surface area contributed by atoms with Gasteiger partial charge in [-0.2, -0.15) is 0 Å². The van der Waals surface area contributed by atoms with Crippen molar-refractivity contribution in [1.29, 1.82) is 0 Å². The van der Waals surface area contributed by atoms with Gasteiger partial charge in [-0.1, -0.05) is 325 Å². The van der Waals surface area contributed by atoms with Crippen molar-refractivity contribution in [2.24, 2.45) is 0 Å². The minimum atomic E-state index is -0.779. The fourth-order valence-electron chi connectivity index (χ4n) is 10.2. The smallest absolute Gasteiger partial charge is 0.306 e. The van der Waals surface area contributed by atoms with E-state index in [1.54, 1.807) is 0 Å². The number of carbonyl (C=O) groups excluding carboxylic acids is 3. The van der Waals surface area contributed by atoms with E-state index in [0.717, 1.165) is 103 Å². The molecular weight excluding hydrogens is 985 g/mol.